The van der Waals surface area contributed by atoms with Gasteiger partial charge in [-0.3, -0.25) is 4.79 Å². The molecule has 3 rings (SSSR count). The molecule has 3 aromatic carbocycles. The van der Waals surface area contributed by atoms with E-state index in [1.165, 1.54) is 6.92 Å². The molecule has 0 bridgehead atoms. The Bertz CT molecular complexity index is 1050. The van der Waals surface area contributed by atoms with Crippen molar-refractivity contribution < 1.29 is 33.3 Å². The van der Waals surface area contributed by atoms with Crippen LogP contribution in [0.15, 0.2) is 84.9 Å². The molecule has 0 atom stereocenters. The van der Waals surface area contributed by atoms with Gasteiger partial charge in [0.2, 0.25) is 5.91 Å². The van der Waals surface area contributed by atoms with Crippen LogP contribution in [0, 0.1) is 0 Å². The number of carbonyl (C=O) groups excluding carboxylic acids is 3. The second kappa shape index (κ2) is 13.2. The fourth-order valence-electron chi connectivity index (χ4n) is 3.06. The molecule has 182 valence electrons. The van der Waals surface area contributed by atoms with Crippen LogP contribution in [0.25, 0.3) is 0 Å². The van der Waals surface area contributed by atoms with E-state index in [1.54, 1.807) is 66.7 Å². The summed E-state index contributed by atoms with van der Waals surface area (Å²) >= 11 is 0. The lowest BCUT2D eigenvalue weighted by atomic mass is 10.2. The van der Waals surface area contributed by atoms with Gasteiger partial charge in [0, 0.05) is 18.3 Å². The fourth-order valence-corrected chi connectivity index (χ4v) is 3.06. The van der Waals surface area contributed by atoms with Gasteiger partial charge in [-0.05, 0) is 42.5 Å². The number of hydrogen-bond acceptors (Lipinski definition) is 8. The Kier molecular flexibility index (Phi) is 9.50. The van der Waals surface area contributed by atoms with Crippen LogP contribution in [-0.4, -0.2) is 44.5 Å². The number of ether oxygens (including phenoxy) is 4. The standard InChI is InChI=1S/C26H26N2O7/c1-20(29)27-21-9-8-10-22(19-21)28(15-17-32-25(30)34-23-11-4-2-5-12-23)16-18-33-26(31)35-24-13-6-3-7-14-24/h2-14,19H,15-18H2,1H3,(H,27,29). The summed E-state index contributed by atoms with van der Waals surface area (Å²) < 4.78 is 20.6. The molecule has 9 nitrogen and oxygen atoms in total. The van der Waals surface area contributed by atoms with Crippen LogP contribution in [0.4, 0.5) is 21.0 Å². The van der Waals surface area contributed by atoms with E-state index in [1.807, 2.05) is 23.1 Å². The van der Waals surface area contributed by atoms with Crippen molar-refractivity contribution >= 4 is 29.6 Å². The summed E-state index contributed by atoms with van der Waals surface area (Å²) in [5.74, 6) is 0.554. The number of nitrogens with one attached hydrogen (secondary N) is 1. The van der Waals surface area contributed by atoms with Gasteiger partial charge >= 0.3 is 12.3 Å². The monoisotopic (exact) mass is 478 g/mol. The summed E-state index contributed by atoms with van der Waals surface area (Å²) in [6, 6.07) is 24.3. The van der Waals surface area contributed by atoms with Crippen LogP contribution in [0.1, 0.15) is 6.92 Å². The summed E-state index contributed by atoms with van der Waals surface area (Å²) in [4.78, 5) is 37.2. The second-order valence-electron chi connectivity index (χ2n) is 7.25. The van der Waals surface area contributed by atoms with Gasteiger partial charge < -0.3 is 29.2 Å². The van der Waals surface area contributed by atoms with Crippen LogP contribution in [-0.2, 0) is 14.3 Å². The Morgan fingerprint density at radius 3 is 1.71 bits per heavy atom. The lowest BCUT2D eigenvalue weighted by Gasteiger charge is -2.25. The molecule has 0 aliphatic carbocycles. The Morgan fingerprint density at radius 1 is 0.714 bits per heavy atom. The number of benzene rings is 3. The second-order valence-corrected chi connectivity index (χ2v) is 7.25. The third kappa shape index (κ3) is 9.09. The number of hydrogen-bond donors (Lipinski definition) is 1. The maximum atomic E-state index is 12.0. The van der Waals surface area contributed by atoms with E-state index in [0.717, 1.165) is 5.69 Å². The topological polar surface area (TPSA) is 103 Å². The molecular weight excluding hydrogens is 452 g/mol. The molecule has 0 saturated heterocycles. The molecular formula is C26H26N2O7. The molecule has 0 aromatic heterocycles. The molecule has 1 amide bonds. The van der Waals surface area contributed by atoms with E-state index in [9.17, 15) is 14.4 Å². The van der Waals surface area contributed by atoms with Crippen molar-refractivity contribution in [3.8, 4) is 11.5 Å². The summed E-state index contributed by atoms with van der Waals surface area (Å²) in [7, 11) is 0. The molecule has 0 unspecified atom stereocenters. The molecule has 0 radical (unpaired) electrons. The number of rotatable bonds is 10. The third-order valence-corrected chi connectivity index (χ3v) is 4.58. The number of anilines is 2. The number of nitrogens with zero attached hydrogens (tertiary/aromatic N) is 1. The average molecular weight is 479 g/mol. The average Bonchev–Trinajstić information content (AvgIpc) is 2.84. The highest BCUT2D eigenvalue weighted by Crippen LogP contribution is 2.20. The largest absolute Gasteiger partial charge is 0.513 e. The fraction of sp³-hybridized carbons (Fsp3) is 0.192. The highest BCUT2D eigenvalue weighted by Gasteiger charge is 2.13. The maximum Gasteiger partial charge on any atom is 0.513 e. The Balaban J connectivity index is 1.56. The van der Waals surface area contributed by atoms with E-state index in [4.69, 9.17) is 18.9 Å². The molecule has 0 saturated carbocycles. The van der Waals surface area contributed by atoms with Crippen LogP contribution in [0.5, 0.6) is 11.5 Å². The molecule has 0 spiro atoms. The first-order chi connectivity index (χ1) is 17.0. The molecule has 1 N–H and O–H groups in total. The smallest absolute Gasteiger partial charge is 0.432 e. The van der Waals surface area contributed by atoms with Crippen molar-refractivity contribution in [1.29, 1.82) is 0 Å². The molecule has 3 aromatic rings. The van der Waals surface area contributed by atoms with E-state index < -0.39 is 12.3 Å². The maximum absolute atomic E-state index is 12.0. The number of amides is 1. The van der Waals surface area contributed by atoms with E-state index in [0.29, 0.717) is 17.2 Å². The van der Waals surface area contributed by atoms with Crippen molar-refractivity contribution in [1.82, 2.24) is 0 Å². The normalized spacial score (nSPS) is 10.1. The van der Waals surface area contributed by atoms with Crippen molar-refractivity contribution in [3.63, 3.8) is 0 Å². The lowest BCUT2D eigenvalue weighted by Crippen LogP contribution is -2.32. The van der Waals surface area contributed by atoms with Gasteiger partial charge in [0.05, 0.1) is 13.1 Å². The van der Waals surface area contributed by atoms with Crippen molar-refractivity contribution in [2.75, 3.05) is 36.5 Å². The van der Waals surface area contributed by atoms with E-state index in [-0.39, 0.29) is 32.2 Å². The Morgan fingerprint density at radius 2 is 1.23 bits per heavy atom. The molecule has 0 heterocycles. The van der Waals surface area contributed by atoms with Gasteiger partial charge in [-0.1, -0.05) is 42.5 Å². The van der Waals surface area contributed by atoms with Crippen molar-refractivity contribution in [2.45, 2.75) is 6.92 Å². The number of para-hydroxylation sites is 2. The van der Waals surface area contributed by atoms with E-state index >= 15 is 0 Å². The minimum absolute atomic E-state index is 0.0183. The van der Waals surface area contributed by atoms with Gasteiger partial charge in [-0.25, -0.2) is 9.59 Å². The summed E-state index contributed by atoms with van der Waals surface area (Å²) in [5, 5.41) is 2.73. The number of carbonyl (C=O) groups is 3. The first-order valence-corrected chi connectivity index (χ1v) is 10.9. The predicted molar refractivity (Wildman–Crippen MR) is 130 cm³/mol. The molecule has 0 aliphatic heterocycles. The van der Waals surface area contributed by atoms with Crippen molar-refractivity contribution in [2.24, 2.45) is 0 Å². The minimum atomic E-state index is -0.828. The molecule has 0 fully saturated rings. The van der Waals surface area contributed by atoms with Crippen molar-refractivity contribution in [3.05, 3.63) is 84.9 Å². The Hall–Kier alpha value is -4.53. The first-order valence-electron chi connectivity index (χ1n) is 10.9. The van der Waals surface area contributed by atoms with Gasteiger partial charge in [0.1, 0.15) is 24.7 Å². The van der Waals surface area contributed by atoms with Crippen LogP contribution >= 0.6 is 0 Å². The van der Waals surface area contributed by atoms with Crippen LogP contribution < -0.4 is 19.7 Å². The summed E-state index contributed by atoms with van der Waals surface area (Å²) in [6.07, 6.45) is -1.66. The summed E-state index contributed by atoms with van der Waals surface area (Å²) in [6.45, 7) is 2.02. The van der Waals surface area contributed by atoms with E-state index in [2.05, 4.69) is 5.32 Å². The zero-order valence-corrected chi connectivity index (χ0v) is 19.2. The molecule has 35 heavy (non-hydrogen) atoms. The zero-order valence-electron chi connectivity index (χ0n) is 19.2. The zero-order chi connectivity index (χ0) is 24.9. The highest BCUT2D eigenvalue weighted by molar-refractivity contribution is 5.89. The SMILES string of the molecule is CC(=O)Nc1cccc(N(CCOC(=O)Oc2ccccc2)CCOC(=O)Oc2ccccc2)c1. The predicted octanol–water partition coefficient (Wildman–Crippen LogP) is 4.88. The van der Waals surface area contributed by atoms with Crippen LogP contribution in [0.2, 0.25) is 0 Å². The molecule has 0 aliphatic rings. The van der Waals surface area contributed by atoms with Gasteiger partial charge in [-0.2, -0.15) is 0 Å². The quantitative estimate of drug-likeness (QED) is 0.325. The third-order valence-electron chi connectivity index (χ3n) is 4.58. The van der Waals surface area contributed by atoms with Gasteiger partial charge in [0.15, 0.2) is 0 Å². The lowest BCUT2D eigenvalue weighted by molar-refractivity contribution is -0.114. The first kappa shape index (κ1) is 25.1. The van der Waals surface area contributed by atoms with Gasteiger partial charge in [-0.15, -0.1) is 0 Å². The van der Waals surface area contributed by atoms with Gasteiger partial charge in [0.25, 0.3) is 0 Å². The Labute approximate surface area is 203 Å². The highest BCUT2D eigenvalue weighted by atomic mass is 16.7. The van der Waals surface area contributed by atoms with Crippen LogP contribution in [0.3, 0.4) is 0 Å². The molecule has 9 heteroatoms. The summed E-state index contributed by atoms with van der Waals surface area (Å²) in [5.41, 5.74) is 1.34. The minimum Gasteiger partial charge on any atom is -0.432 e.